The highest BCUT2D eigenvalue weighted by Crippen LogP contribution is 2.28. The molecule has 0 aliphatic heterocycles. The second kappa shape index (κ2) is 6.41. The monoisotopic (exact) mass is 340 g/mol. The number of halogens is 1. The molecule has 0 fully saturated rings. The fourth-order valence-corrected chi connectivity index (χ4v) is 2.97. The lowest BCUT2D eigenvalue weighted by Crippen LogP contribution is -2.14. The number of anilines is 2. The van der Waals surface area contributed by atoms with Crippen LogP contribution in [-0.4, -0.2) is 18.2 Å². The van der Waals surface area contributed by atoms with Gasteiger partial charge in [0.15, 0.2) is 0 Å². The summed E-state index contributed by atoms with van der Waals surface area (Å²) in [5.41, 5.74) is 1.98. The van der Waals surface area contributed by atoms with Crippen molar-refractivity contribution in [3.05, 3.63) is 47.4 Å². The summed E-state index contributed by atoms with van der Waals surface area (Å²) in [4.78, 5) is 0.103. The van der Waals surface area contributed by atoms with Crippen molar-refractivity contribution in [3.8, 4) is 0 Å². The maximum atomic E-state index is 12.4. The molecule has 0 bridgehead atoms. The number of nitrogens with one attached hydrogen (secondary N) is 2. The Kier molecular flexibility index (Phi) is 4.77. The van der Waals surface area contributed by atoms with E-state index in [-0.39, 0.29) is 4.90 Å². The number of hydrogen-bond acceptors (Lipinski definition) is 4. The Hall–Kier alpha value is -1.99. The van der Waals surface area contributed by atoms with Crippen LogP contribution in [0.15, 0.2) is 46.7 Å². The Morgan fingerprint density at radius 3 is 2.73 bits per heavy atom. The van der Waals surface area contributed by atoms with E-state index in [4.69, 9.17) is 11.6 Å². The second-order valence-electron chi connectivity index (χ2n) is 4.83. The van der Waals surface area contributed by atoms with Gasteiger partial charge < -0.3 is 5.32 Å². The zero-order valence-electron chi connectivity index (χ0n) is 12.5. The van der Waals surface area contributed by atoms with Gasteiger partial charge in [0.1, 0.15) is 4.90 Å². The van der Waals surface area contributed by atoms with E-state index in [0.29, 0.717) is 16.4 Å². The van der Waals surface area contributed by atoms with Gasteiger partial charge in [-0.25, -0.2) is 8.42 Å². The summed E-state index contributed by atoms with van der Waals surface area (Å²) >= 11 is 5.81. The summed E-state index contributed by atoms with van der Waals surface area (Å²) in [6.07, 6.45) is 4.34. The van der Waals surface area contributed by atoms with Crippen LogP contribution in [0.4, 0.5) is 11.4 Å². The first-order chi connectivity index (χ1) is 10.3. The number of para-hydroxylation sites is 1. The van der Waals surface area contributed by atoms with Crippen molar-refractivity contribution in [2.24, 2.45) is 7.05 Å². The highest BCUT2D eigenvalue weighted by molar-refractivity contribution is 7.92. The summed E-state index contributed by atoms with van der Waals surface area (Å²) in [5.74, 6) is 0. The molecule has 22 heavy (non-hydrogen) atoms. The number of nitrogens with zero attached hydrogens (tertiary/aromatic N) is 2. The SMILES string of the molecule is C/C(Cl)=C\Nc1c(C)cccc1NS(=O)(=O)c1cnn(C)c1. The van der Waals surface area contributed by atoms with Crippen molar-refractivity contribution in [1.29, 1.82) is 0 Å². The molecule has 0 amide bonds. The largest absolute Gasteiger partial charge is 0.359 e. The summed E-state index contributed by atoms with van der Waals surface area (Å²) in [7, 11) is -2.04. The summed E-state index contributed by atoms with van der Waals surface area (Å²) < 4.78 is 28.8. The van der Waals surface area contributed by atoms with E-state index < -0.39 is 10.0 Å². The number of allylic oxidation sites excluding steroid dienone is 1. The average Bonchev–Trinajstić information content (AvgIpc) is 2.85. The predicted molar refractivity (Wildman–Crippen MR) is 88.4 cm³/mol. The number of hydrogen-bond donors (Lipinski definition) is 2. The molecule has 0 spiro atoms. The standard InChI is InChI=1S/C14H17ClN4O2S/c1-10-5-4-6-13(14(10)16-7-11(2)15)18-22(20,21)12-8-17-19(3)9-12/h4-9,16,18H,1-3H3/b11-7+. The number of benzene rings is 1. The molecule has 1 aromatic carbocycles. The Morgan fingerprint density at radius 1 is 1.41 bits per heavy atom. The van der Waals surface area contributed by atoms with Crippen LogP contribution in [0.3, 0.4) is 0 Å². The molecule has 0 aliphatic carbocycles. The van der Waals surface area contributed by atoms with E-state index in [0.717, 1.165) is 5.56 Å². The minimum atomic E-state index is -3.70. The van der Waals surface area contributed by atoms with Crippen LogP contribution in [-0.2, 0) is 17.1 Å². The van der Waals surface area contributed by atoms with Gasteiger partial charge in [-0.3, -0.25) is 9.40 Å². The maximum Gasteiger partial charge on any atom is 0.265 e. The van der Waals surface area contributed by atoms with Crippen molar-refractivity contribution in [3.63, 3.8) is 0 Å². The van der Waals surface area contributed by atoms with Gasteiger partial charge >= 0.3 is 0 Å². The van der Waals surface area contributed by atoms with Gasteiger partial charge in [-0.05, 0) is 25.5 Å². The van der Waals surface area contributed by atoms with E-state index >= 15 is 0 Å². The molecule has 2 rings (SSSR count). The van der Waals surface area contributed by atoms with Gasteiger partial charge in [-0.1, -0.05) is 23.7 Å². The third kappa shape index (κ3) is 3.80. The molecule has 0 radical (unpaired) electrons. The van der Waals surface area contributed by atoms with E-state index in [1.807, 2.05) is 13.0 Å². The molecule has 0 unspecified atom stereocenters. The molecule has 2 aromatic rings. The topological polar surface area (TPSA) is 76.0 Å². The third-order valence-corrected chi connectivity index (χ3v) is 4.35. The molecule has 8 heteroatoms. The van der Waals surface area contributed by atoms with Crippen molar-refractivity contribution in [2.45, 2.75) is 18.7 Å². The van der Waals surface area contributed by atoms with Crippen molar-refractivity contribution < 1.29 is 8.42 Å². The van der Waals surface area contributed by atoms with Crippen LogP contribution in [0.5, 0.6) is 0 Å². The first-order valence-electron chi connectivity index (χ1n) is 6.49. The molecule has 1 heterocycles. The van der Waals surface area contributed by atoms with Gasteiger partial charge in [-0.15, -0.1) is 0 Å². The quantitative estimate of drug-likeness (QED) is 0.877. The minimum absolute atomic E-state index is 0.103. The Bertz CT molecular complexity index is 808. The second-order valence-corrected chi connectivity index (χ2v) is 7.11. The molecule has 0 atom stereocenters. The fraction of sp³-hybridized carbons (Fsp3) is 0.214. The van der Waals surface area contributed by atoms with Crippen molar-refractivity contribution in [1.82, 2.24) is 9.78 Å². The van der Waals surface area contributed by atoms with E-state index in [1.165, 1.54) is 17.1 Å². The Balaban J connectivity index is 2.37. The van der Waals surface area contributed by atoms with Gasteiger partial charge in [0.2, 0.25) is 0 Å². The molecule has 118 valence electrons. The third-order valence-electron chi connectivity index (χ3n) is 2.92. The van der Waals surface area contributed by atoms with E-state index in [2.05, 4.69) is 15.1 Å². The Morgan fingerprint density at radius 2 is 2.14 bits per heavy atom. The highest BCUT2D eigenvalue weighted by atomic mass is 35.5. The van der Waals surface area contributed by atoms with Gasteiger partial charge in [0, 0.05) is 24.5 Å². The van der Waals surface area contributed by atoms with Crippen LogP contribution >= 0.6 is 11.6 Å². The van der Waals surface area contributed by atoms with E-state index in [1.54, 1.807) is 32.3 Å². The lowest BCUT2D eigenvalue weighted by molar-refractivity contribution is 0.601. The lowest BCUT2D eigenvalue weighted by atomic mass is 10.2. The molecule has 1 aromatic heterocycles. The molecular formula is C14H17ClN4O2S. The minimum Gasteiger partial charge on any atom is -0.359 e. The van der Waals surface area contributed by atoms with Crippen LogP contribution in [0.25, 0.3) is 0 Å². The van der Waals surface area contributed by atoms with Gasteiger partial charge in [0.05, 0.1) is 17.6 Å². The number of rotatable bonds is 5. The fourth-order valence-electron chi connectivity index (χ4n) is 1.86. The lowest BCUT2D eigenvalue weighted by Gasteiger charge is -2.14. The van der Waals surface area contributed by atoms with Gasteiger partial charge in [-0.2, -0.15) is 5.10 Å². The number of sulfonamides is 1. The molecule has 0 aliphatic rings. The first-order valence-corrected chi connectivity index (χ1v) is 8.35. The molecule has 0 saturated heterocycles. The molecule has 6 nitrogen and oxygen atoms in total. The first kappa shape index (κ1) is 16.4. The summed E-state index contributed by atoms with van der Waals surface area (Å²) in [5, 5.41) is 7.46. The van der Waals surface area contributed by atoms with Crippen molar-refractivity contribution >= 4 is 33.0 Å². The average molecular weight is 341 g/mol. The predicted octanol–water partition coefficient (Wildman–Crippen LogP) is 3.04. The Labute approximate surface area is 134 Å². The smallest absolute Gasteiger partial charge is 0.265 e. The van der Waals surface area contributed by atoms with Gasteiger partial charge in [0.25, 0.3) is 10.0 Å². The molecular weight excluding hydrogens is 324 g/mol. The van der Waals surface area contributed by atoms with Crippen LogP contribution in [0.2, 0.25) is 0 Å². The van der Waals surface area contributed by atoms with Crippen LogP contribution < -0.4 is 10.0 Å². The zero-order chi connectivity index (χ0) is 16.3. The van der Waals surface area contributed by atoms with Crippen LogP contribution in [0, 0.1) is 6.92 Å². The molecule has 2 N–H and O–H groups in total. The van der Waals surface area contributed by atoms with Crippen molar-refractivity contribution in [2.75, 3.05) is 10.0 Å². The normalized spacial score (nSPS) is 12.3. The van der Waals surface area contributed by atoms with Crippen LogP contribution in [0.1, 0.15) is 12.5 Å². The summed E-state index contributed by atoms with van der Waals surface area (Å²) in [6.45, 7) is 3.61. The number of aromatic nitrogens is 2. The number of aryl methyl sites for hydroxylation is 2. The maximum absolute atomic E-state index is 12.4. The van der Waals surface area contributed by atoms with E-state index in [9.17, 15) is 8.42 Å². The summed E-state index contributed by atoms with van der Waals surface area (Å²) in [6, 6.07) is 5.33. The highest BCUT2D eigenvalue weighted by Gasteiger charge is 2.18. The molecule has 0 saturated carbocycles. The zero-order valence-corrected chi connectivity index (χ0v) is 14.0.